The summed E-state index contributed by atoms with van der Waals surface area (Å²) in [5.41, 5.74) is 5.63. The van der Waals surface area contributed by atoms with Crippen LogP contribution in [0.2, 0.25) is 0 Å². The highest BCUT2D eigenvalue weighted by molar-refractivity contribution is 7.90. The van der Waals surface area contributed by atoms with Gasteiger partial charge in [0.25, 0.3) is 0 Å². The number of sulfone groups is 1. The predicted molar refractivity (Wildman–Crippen MR) is 70.7 cm³/mol. The number of ether oxygens (including phenoxy) is 1. The van der Waals surface area contributed by atoms with E-state index in [0.29, 0.717) is 11.5 Å². The smallest absolute Gasteiger partial charge is 0.175 e. The van der Waals surface area contributed by atoms with Crippen molar-refractivity contribution in [2.45, 2.75) is 11.0 Å². The molecule has 0 spiro atoms. The summed E-state index contributed by atoms with van der Waals surface area (Å²) in [7, 11) is -3.26. The van der Waals surface area contributed by atoms with E-state index >= 15 is 0 Å². The predicted octanol–water partition coefficient (Wildman–Crippen LogP) is 1.76. The van der Waals surface area contributed by atoms with E-state index in [1.807, 2.05) is 0 Å². The Morgan fingerprint density at radius 3 is 2.68 bits per heavy atom. The molecule has 1 aromatic heterocycles. The number of rotatable bonds is 5. The van der Waals surface area contributed by atoms with Crippen molar-refractivity contribution < 1.29 is 17.6 Å². The number of hydrogen-bond acceptors (Lipinski definition) is 5. The van der Waals surface area contributed by atoms with E-state index in [1.54, 1.807) is 24.3 Å². The van der Waals surface area contributed by atoms with Crippen LogP contribution in [0.25, 0.3) is 0 Å². The van der Waals surface area contributed by atoms with Crippen LogP contribution >= 0.6 is 0 Å². The van der Waals surface area contributed by atoms with Gasteiger partial charge in [-0.1, -0.05) is 6.07 Å². The molecule has 1 unspecified atom stereocenters. The zero-order valence-electron chi connectivity index (χ0n) is 10.4. The van der Waals surface area contributed by atoms with Crippen LogP contribution in [0.1, 0.15) is 11.9 Å². The van der Waals surface area contributed by atoms with Crippen molar-refractivity contribution in [1.29, 1.82) is 0 Å². The molecule has 0 saturated heterocycles. The van der Waals surface area contributed by atoms with Crippen LogP contribution in [0.5, 0.6) is 5.75 Å². The van der Waals surface area contributed by atoms with Crippen LogP contribution < -0.4 is 10.5 Å². The van der Waals surface area contributed by atoms with Crippen molar-refractivity contribution in [2.24, 2.45) is 5.73 Å². The molecule has 1 heterocycles. The Morgan fingerprint density at radius 1 is 1.32 bits per heavy atom. The highest BCUT2D eigenvalue weighted by Gasteiger charge is 2.15. The van der Waals surface area contributed by atoms with Crippen molar-refractivity contribution in [1.82, 2.24) is 0 Å². The van der Waals surface area contributed by atoms with Gasteiger partial charge in [0.1, 0.15) is 11.5 Å². The second kappa shape index (κ2) is 5.46. The summed E-state index contributed by atoms with van der Waals surface area (Å²) in [6.07, 6.45) is 2.25. The second-order valence-corrected chi connectivity index (χ2v) is 6.12. The van der Waals surface area contributed by atoms with E-state index in [4.69, 9.17) is 14.9 Å². The van der Waals surface area contributed by atoms with Crippen LogP contribution in [-0.4, -0.2) is 21.2 Å². The molecular weight excluding hydrogens is 266 g/mol. The van der Waals surface area contributed by atoms with Gasteiger partial charge in [-0.05, 0) is 30.3 Å². The lowest BCUT2D eigenvalue weighted by molar-refractivity contribution is 0.183. The van der Waals surface area contributed by atoms with Crippen molar-refractivity contribution >= 4 is 9.84 Å². The molecule has 0 aliphatic heterocycles. The van der Waals surface area contributed by atoms with Gasteiger partial charge >= 0.3 is 0 Å². The molecule has 2 aromatic rings. The lowest BCUT2D eigenvalue weighted by atomic mass is 10.2. The Hall–Kier alpha value is -1.79. The third kappa shape index (κ3) is 3.36. The number of benzene rings is 1. The first-order valence-corrected chi connectivity index (χ1v) is 7.60. The molecule has 0 fully saturated rings. The number of hydrogen-bond donors (Lipinski definition) is 1. The zero-order chi connectivity index (χ0) is 13.9. The van der Waals surface area contributed by atoms with Crippen molar-refractivity contribution in [3.05, 3.63) is 48.4 Å². The van der Waals surface area contributed by atoms with Crippen LogP contribution in [-0.2, 0) is 9.84 Å². The summed E-state index contributed by atoms with van der Waals surface area (Å²) in [6, 6.07) is 9.81. The Morgan fingerprint density at radius 2 is 2.11 bits per heavy atom. The van der Waals surface area contributed by atoms with Crippen LogP contribution in [0.4, 0.5) is 0 Å². The third-order valence-corrected chi connectivity index (χ3v) is 3.70. The first-order valence-electron chi connectivity index (χ1n) is 5.71. The number of furan rings is 1. The molecule has 0 bridgehead atoms. The van der Waals surface area contributed by atoms with E-state index < -0.39 is 15.9 Å². The van der Waals surface area contributed by atoms with Gasteiger partial charge < -0.3 is 14.9 Å². The van der Waals surface area contributed by atoms with E-state index in [2.05, 4.69) is 0 Å². The molecule has 0 aliphatic carbocycles. The summed E-state index contributed by atoms with van der Waals surface area (Å²) >= 11 is 0. The summed E-state index contributed by atoms with van der Waals surface area (Å²) in [4.78, 5) is 0.209. The SMILES string of the molecule is CS(=O)(=O)c1cccc(OC(CN)c2ccco2)c1. The molecule has 102 valence electrons. The fraction of sp³-hybridized carbons (Fsp3) is 0.231. The van der Waals surface area contributed by atoms with E-state index in [1.165, 1.54) is 18.4 Å². The molecule has 19 heavy (non-hydrogen) atoms. The lowest BCUT2D eigenvalue weighted by Gasteiger charge is -2.15. The number of nitrogens with two attached hydrogens (primary N) is 1. The highest BCUT2D eigenvalue weighted by Crippen LogP contribution is 2.24. The summed E-state index contributed by atoms with van der Waals surface area (Å²) in [5.74, 6) is 1.04. The Kier molecular flexibility index (Phi) is 3.92. The van der Waals surface area contributed by atoms with E-state index in [9.17, 15) is 8.42 Å². The minimum Gasteiger partial charge on any atom is -0.481 e. The van der Waals surface area contributed by atoms with Crippen molar-refractivity contribution in [2.75, 3.05) is 12.8 Å². The molecular formula is C13H15NO4S. The average Bonchev–Trinajstić information content (AvgIpc) is 2.89. The van der Waals surface area contributed by atoms with Gasteiger partial charge in [-0.3, -0.25) is 0 Å². The zero-order valence-corrected chi connectivity index (χ0v) is 11.3. The molecule has 0 radical (unpaired) electrons. The Bertz CT molecular complexity index is 634. The average molecular weight is 281 g/mol. The topological polar surface area (TPSA) is 82.5 Å². The van der Waals surface area contributed by atoms with Crippen LogP contribution in [0.15, 0.2) is 52.0 Å². The normalized spacial score (nSPS) is 13.2. The molecule has 0 amide bonds. The largest absolute Gasteiger partial charge is 0.481 e. The van der Waals surface area contributed by atoms with E-state index in [-0.39, 0.29) is 11.4 Å². The monoisotopic (exact) mass is 281 g/mol. The summed E-state index contributed by atoms with van der Waals surface area (Å²) in [6.45, 7) is 0.233. The van der Waals surface area contributed by atoms with Gasteiger partial charge in [-0.2, -0.15) is 0 Å². The molecule has 0 saturated carbocycles. The second-order valence-electron chi connectivity index (χ2n) is 4.10. The quantitative estimate of drug-likeness (QED) is 0.903. The maximum Gasteiger partial charge on any atom is 0.175 e. The van der Waals surface area contributed by atoms with Gasteiger partial charge in [0.05, 0.1) is 11.2 Å². The molecule has 1 atom stereocenters. The Labute approximate surface area is 111 Å². The van der Waals surface area contributed by atoms with Gasteiger partial charge in [-0.15, -0.1) is 0 Å². The third-order valence-electron chi connectivity index (χ3n) is 2.59. The molecule has 0 aliphatic rings. The highest BCUT2D eigenvalue weighted by atomic mass is 32.2. The van der Waals surface area contributed by atoms with Gasteiger partial charge in [0.15, 0.2) is 15.9 Å². The molecule has 1 aromatic carbocycles. The molecule has 5 nitrogen and oxygen atoms in total. The van der Waals surface area contributed by atoms with E-state index in [0.717, 1.165) is 6.26 Å². The standard InChI is InChI=1S/C13H15NO4S/c1-19(15,16)11-5-2-4-10(8-11)18-13(9-14)12-6-3-7-17-12/h2-8,13H,9,14H2,1H3. The first-order chi connectivity index (χ1) is 9.00. The fourth-order valence-electron chi connectivity index (χ4n) is 1.64. The molecule has 2 rings (SSSR count). The molecule has 6 heteroatoms. The van der Waals surface area contributed by atoms with Gasteiger partial charge in [-0.25, -0.2) is 8.42 Å². The summed E-state index contributed by atoms with van der Waals surface area (Å²) < 4.78 is 33.8. The first kappa shape index (κ1) is 13.6. The minimum absolute atomic E-state index is 0.209. The lowest BCUT2D eigenvalue weighted by Crippen LogP contribution is -2.18. The maximum absolute atomic E-state index is 11.5. The van der Waals surface area contributed by atoms with Gasteiger partial charge in [0, 0.05) is 12.8 Å². The van der Waals surface area contributed by atoms with Crippen LogP contribution in [0, 0.1) is 0 Å². The maximum atomic E-state index is 11.5. The summed E-state index contributed by atoms with van der Waals surface area (Å²) in [5, 5.41) is 0. The van der Waals surface area contributed by atoms with Crippen molar-refractivity contribution in [3.63, 3.8) is 0 Å². The van der Waals surface area contributed by atoms with Crippen LogP contribution in [0.3, 0.4) is 0 Å². The van der Waals surface area contributed by atoms with Gasteiger partial charge in [0.2, 0.25) is 0 Å². The molecule has 2 N–H and O–H groups in total. The van der Waals surface area contributed by atoms with Crippen molar-refractivity contribution in [3.8, 4) is 5.75 Å². The minimum atomic E-state index is -3.26. The fourth-order valence-corrected chi connectivity index (χ4v) is 2.30. The Balaban J connectivity index is 2.23.